The number of amidine groups is 1. The predicted octanol–water partition coefficient (Wildman–Crippen LogP) is 4.96. The van der Waals surface area contributed by atoms with E-state index in [9.17, 15) is 4.79 Å². The van der Waals surface area contributed by atoms with E-state index >= 15 is 4.39 Å². The van der Waals surface area contributed by atoms with Crippen LogP contribution in [0.15, 0.2) is 34.2 Å². The standard InChI is InChI=1S/C31H44FN3O5/c1-9-39-25-15-20-16-35(30(33-6)26(20)27(32)29(25)40-10-2)18-24(36)19-13-22(31(3,4)5)28(38-8)23(14-19)34-12-11-21(17-34)37-7/h14-15,21-22H,9-13,16-18H2,1-8H3/t21-,22?/m0/s1. The Morgan fingerprint density at radius 3 is 2.48 bits per heavy atom. The van der Waals surface area contributed by atoms with Gasteiger partial charge in [0.25, 0.3) is 0 Å². The number of likely N-dealkylation sites (tertiary alicyclic amines) is 1. The summed E-state index contributed by atoms with van der Waals surface area (Å²) in [5.41, 5.74) is 2.68. The molecular weight excluding hydrogens is 513 g/mol. The van der Waals surface area contributed by atoms with Crippen LogP contribution in [-0.4, -0.2) is 81.6 Å². The van der Waals surface area contributed by atoms with Crippen molar-refractivity contribution in [3.05, 3.63) is 46.1 Å². The molecule has 1 aromatic carbocycles. The maximum absolute atomic E-state index is 15.8. The van der Waals surface area contributed by atoms with E-state index in [1.54, 1.807) is 28.2 Å². The lowest BCUT2D eigenvalue weighted by atomic mass is 9.72. The van der Waals surface area contributed by atoms with Gasteiger partial charge >= 0.3 is 0 Å². The molecule has 0 radical (unpaired) electrons. The van der Waals surface area contributed by atoms with Crippen molar-refractivity contribution < 1.29 is 28.1 Å². The van der Waals surface area contributed by atoms with Crippen LogP contribution in [-0.2, 0) is 20.8 Å². The number of carbonyl (C=O) groups excluding carboxylic acids is 1. The molecule has 1 fully saturated rings. The second kappa shape index (κ2) is 12.2. The number of rotatable bonds is 10. The number of hydrogen-bond donors (Lipinski definition) is 0. The average Bonchev–Trinajstić information content (AvgIpc) is 3.54. The van der Waals surface area contributed by atoms with Crippen LogP contribution in [0, 0.1) is 17.2 Å². The summed E-state index contributed by atoms with van der Waals surface area (Å²) >= 11 is 0. The number of nitrogens with zero attached hydrogens (tertiary/aromatic N) is 3. The minimum atomic E-state index is -0.500. The molecule has 1 unspecified atom stereocenters. The first-order valence-electron chi connectivity index (χ1n) is 14.2. The van der Waals surface area contributed by atoms with Crippen molar-refractivity contribution in [3.63, 3.8) is 0 Å². The van der Waals surface area contributed by atoms with E-state index in [4.69, 9.17) is 18.9 Å². The second-order valence-corrected chi connectivity index (χ2v) is 11.6. The largest absolute Gasteiger partial charge is 0.499 e. The molecule has 40 heavy (non-hydrogen) atoms. The maximum Gasteiger partial charge on any atom is 0.197 e. The number of aliphatic imine (C=N–C) groups is 1. The molecule has 2 heterocycles. The number of halogens is 1. The SMILES string of the molecule is CCOc1cc2c(c(F)c1OCC)C(=NC)N(CC(=O)C1=CC(N3CC[C@H](OC)C3)=C(OC)C(C(C)(C)C)C1)C2. The fourth-order valence-corrected chi connectivity index (χ4v) is 5.98. The number of Topliss-reactive ketones (excluding diaryl/α,β-unsaturated/α-hetero) is 1. The molecule has 9 heteroatoms. The van der Waals surface area contributed by atoms with Gasteiger partial charge in [0.15, 0.2) is 23.1 Å². The third-order valence-electron chi connectivity index (χ3n) is 8.03. The summed E-state index contributed by atoms with van der Waals surface area (Å²) in [7, 11) is 5.08. The summed E-state index contributed by atoms with van der Waals surface area (Å²) in [4.78, 5) is 22.4. The van der Waals surface area contributed by atoms with Crippen LogP contribution in [0.4, 0.5) is 4.39 Å². The number of carbonyl (C=O) groups is 1. The maximum atomic E-state index is 15.8. The molecule has 0 spiro atoms. The monoisotopic (exact) mass is 557 g/mol. The highest BCUT2D eigenvalue weighted by Gasteiger charge is 2.40. The zero-order valence-corrected chi connectivity index (χ0v) is 25.2. The zero-order chi connectivity index (χ0) is 29.2. The van der Waals surface area contributed by atoms with Crippen molar-refractivity contribution >= 4 is 11.6 Å². The van der Waals surface area contributed by atoms with Crippen molar-refractivity contribution in [2.45, 2.75) is 60.1 Å². The van der Waals surface area contributed by atoms with Gasteiger partial charge in [-0.3, -0.25) is 9.79 Å². The van der Waals surface area contributed by atoms with E-state index in [0.717, 1.165) is 42.1 Å². The van der Waals surface area contributed by atoms with Gasteiger partial charge in [0.05, 0.1) is 44.2 Å². The number of methoxy groups -OCH3 is 2. The highest BCUT2D eigenvalue weighted by Crippen LogP contribution is 2.44. The molecule has 1 aliphatic carbocycles. The van der Waals surface area contributed by atoms with Crippen molar-refractivity contribution in [3.8, 4) is 11.5 Å². The third-order valence-corrected chi connectivity index (χ3v) is 8.03. The first kappa shape index (κ1) is 29.9. The van der Waals surface area contributed by atoms with Crippen LogP contribution >= 0.6 is 0 Å². The molecule has 8 nitrogen and oxygen atoms in total. The number of allylic oxidation sites excluding steroid dienone is 2. The molecule has 1 saturated heterocycles. The normalized spacial score (nSPS) is 22.1. The molecule has 4 rings (SSSR count). The smallest absolute Gasteiger partial charge is 0.197 e. The number of fused-ring (bicyclic) bond motifs is 1. The van der Waals surface area contributed by atoms with Crippen molar-refractivity contribution in [1.82, 2.24) is 9.80 Å². The van der Waals surface area contributed by atoms with Crippen molar-refractivity contribution in [2.75, 3.05) is 54.1 Å². The average molecular weight is 558 g/mol. The quantitative estimate of drug-likeness (QED) is 0.403. The molecule has 220 valence electrons. The Labute approximate surface area is 237 Å². The van der Waals surface area contributed by atoms with Crippen LogP contribution in [0.1, 0.15) is 58.6 Å². The first-order valence-corrected chi connectivity index (χ1v) is 14.2. The highest BCUT2D eigenvalue weighted by molar-refractivity contribution is 6.07. The Balaban J connectivity index is 1.65. The molecule has 0 saturated carbocycles. The predicted molar refractivity (Wildman–Crippen MR) is 153 cm³/mol. The highest BCUT2D eigenvalue weighted by atomic mass is 19.1. The molecule has 3 aliphatic rings. The van der Waals surface area contributed by atoms with E-state index < -0.39 is 5.82 Å². The van der Waals surface area contributed by atoms with E-state index in [1.807, 2.05) is 24.0 Å². The van der Waals surface area contributed by atoms with Gasteiger partial charge in [-0.1, -0.05) is 20.8 Å². The second-order valence-electron chi connectivity index (χ2n) is 11.6. The Morgan fingerprint density at radius 1 is 1.18 bits per heavy atom. The summed E-state index contributed by atoms with van der Waals surface area (Å²) < 4.78 is 38.6. The third kappa shape index (κ3) is 5.71. The number of ether oxygens (including phenoxy) is 4. The lowest BCUT2D eigenvalue weighted by Gasteiger charge is -2.38. The van der Waals surface area contributed by atoms with Gasteiger partial charge < -0.3 is 28.7 Å². The Hall–Kier alpha value is -3.07. The van der Waals surface area contributed by atoms with Crippen LogP contribution in [0.3, 0.4) is 0 Å². The van der Waals surface area contributed by atoms with Gasteiger partial charge in [0, 0.05) is 39.7 Å². The van der Waals surface area contributed by atoms with E-state index in [0.29, 0.717) is 43.3 Å². The lowest BCUT2D eigenvalue weighted by Crippen LogP contribution is -2.36. The topological polar surface area (TPSA) is 72.8 Å². The summed E-state index contributed by atoms with van der Waals surface area (Å²) in [6.45, 7) is 12.9. The fraction of sp³-hybridized carbons (Fsp3) is 0.613. The molecule has 0 aromatic heterocycles. The van der Waals surface area contributed by atoms with E-state index in [2.05, 4.69) is 30.7 Å². The number of ketones is 1. The minimum Gasteiger partial charge on any atom is -0.499 e. The minimum absolute atomic E-state index is 0.00572. The fourth-order valence-electron chi connectivity index (χ4n) is 5.98. The van der Waals surface area contributed by atoms with Crippen LogP contribution in [0.5, 0.6) is 11.5 Å². The first-order chi connectivity index (χ1) is 19.1. The van der Waals surface area contributed by atoms with Crippen LogP contribution in [0.25, 0.3) is 0 Å². The number of benzene rings is 1. The molecule has 2 aliphatic heterocycles. The van der Waals surface area contributed by atoms with E-state index in [1.165, 1.54) is 0 Å². The van der Waals surface area contributed by atoms with Gasteiger partial charge in [-0.15, -0.1) is 0 Å². The summed E-state index contributed by atoms with van der Waals surface area (Å²) in [5, 5.41) is 0. The lowest BCUT2D eigenvalue weighted by molar-refractivity contribution is -0.116. The van der Waals surface area contributed by atoms with Gasteiger partial charge in [-0.2, -0.15) is 0 Å². The molecule has 0 amide bonds. The molecule has 2 atom stereocenters. The van der Waals surface area contributed by atoms with Crippen molar-refractivity contribution in [2.24, 2.45) is 16.3 Å². The van der Waals surface area contributed by atoms with Crippen molar-refractivity contribution in [1.29, 1.82) is 0 Å². The Morgan fingerprint density at radius 2 is 1.90 bits per heavy atom. The molecular formula is C31H44FN3O5. The van der Waals surface area contributed by atoms with Gasteiger partial charge in [-0.05, 0) is 55.4 Å². The van der Waals surface area contributed by atoms with Gasteiger partial charge in [-0.25, -0.2) is 4.39 Å². The van der Waals surface area contributed by atoms with Crippen LogP contribution < -0.4 is 9.47 Å². The molecule has 1 aromatic rings. The van der Waals surface area contributed by atoms with E-state index in [-0.39, 0.29) is 35.5 Å². The Bertz CT molecular complexity index is 1220. The number of hydrogen-bond acceptors (Lipinski definition) is 7. The summed E-state index contributed by atoms with van der Waals surface area (Å²) in [5.74, 6) is 1.35. The zero-order valence-electron chi connectivity index (χ0n) is 25.2. The molecule has 0 bridgehead atoms. The summed E-state index contributed by atoms with van der Waals surface area (Å²) in [6.07, 6.45) is 3.65. The van der Waals surface area contributed by atoms with Crippen LogP contribution in [0.2, 0.25) is 0 Å². The molecule has 0 N–H and O–H groups in total. The Kier molecular flexibility index (Phi) is 9.12. The van der Waals surface area contributed by atoms with Gasteiger partial charge in [0.2, 0.25) is 0 Å². The summed E-state index contributed by atoms with van der Waals surface area (Å²) in [6, 6.07) is 1.81. The van der Waals surface area contributed by atoms with Gasteiger partial charge in [0.1, 0.15) is 11.6 Å².